The lowest BCUT2D eigenvalue weighted by Gasteiger charge is -2.08. The van der Waals surface area contributed by atoms with E-state index in [-0.39, 0.29) is 11.4 Å². The molecule has 0 atom stereocenters. The lowest BCUT2D eigenvalue weighted by molar-refractivity contribution is -0.383. The Morgan fingerprint density at radius 1 is 1.25 bits per heavy atom. The maximum Gasteiger partial charge on any atom is 0.314 e. The number of nitrogen functional groups attached to an aromatic ring is 1. The van der Waals surface area contributed by atoms with E-state index in [2.05, 4.69) is 19.2 Å². The van der Waals surface area contributed by atoms with Gasteiger partial charge in [0, 0.05) is 6.54 Å². The lowest BCUT2D eigenvalue weighted by Crippen LogP contribution is -2.06. The van der Waals surface area contributed by atoms with E-state index >= 15 is 0 Å². The molecule has 3 N–H and O–H groups in total. The summed E-state index contributed by atoms with van der Waals surface area (Å²) in [6.07, 6.45) is 5.92. The molecular formula is C15H25N3O2. The first-order valence-electron chi connectivity index (χ1n) is 7.29. The van der Waals surface area contributed by atoms with Crippen molar-refractivity contribution < 1.29 is 4.92 Å². The molecular weight excluding hydrogens is 254 g/mol. The number of nitro benzene ring substituents is 1. The van der Waals surface area contributed by atoms with Crippen molar-refractivity contribution in [3.8, 4) is 0 Å². The Morgan fingerprint density at radius 3 is 2.60 bits per heavy atom. The number of rotatable bonds is 9. The number of hydrogen-bond acceptors (Lipinski definition) is 4. The van der Waals surface area contributed by atoms with Crippen molar-refractivity contribution in [2.45, 2.75) is 46.0 Å². The van der Waals surface area contributed by atoms with Gasteiger partial charge in [-0.25, -0.2) is 0 Å². The zero-order chi connectivity index (χ0) is 15.0. The minimum absolute atomic E-state index is 0.0210. The topological polar surface area (TPSA) is 81.2 Å². The first-order valence-corrected chi connectivity index (χ1v) is 7.29. The molecule has 5 heteroatoms. The van der Waals surface area contributed by atoms with E-state index in [9.17, 15) is 10.1 Å². The average molecular weight is 279 g/mol. The van der Waals surface area contributed by atoms with E-state index in [1.165, 1.54) is 19.3 Å². The predicted molar refractivity (Wildman–Crippen MR) is 83.9 cm³/mol. The molecule has 0 bridgehead atoms. The van der Waals surface area contributed by atoms with Crippen molar-refractivity contribution in [2.24, 2.45) is 5.92 Å². The molecule has 0 saturated carbocycles. The van der Waals surface area contributed by atoms with Gasteiger partial charge < -0.3 is 11.1 Å². The SMILES string of the molecule is CC(C)CCCCCCNc1cccc(N)c1[N+](=O)[O-]. The zero-order valence-electron chi connectivity index (χ0n) is 12.4. The van der Waals surface area contributed by atoms with Crippen LogP contribution in [-0.4, -0.2) is 11.5 Å². The van der Waals surface area contributed by atoms with Gasteiger partial charge in [-0.2, -0.15) is 0 Å². The smallest absolute Gasteiger partial charge is 0.314 e. The number of anilines is 2. The van der Waals surface area contributed by atoms with Crippen LogP contribution in [-0.2, 0) is 0 Å². The maximum absolute atomic E-state index is 11.0. The highest BCUT2D eigenvalue weighted by Crippen LogP contribution is 2.30. The number of nitrogens with two attached hydrogens (primary N) is 1. The van der Waals surface area contributed by atoms with Crippen molar-refractivity contribution in [2.75, 3.05) is 17.6 Å². The monoisotopic (exact) mass is 279 g/mol. The van der Waals surface area contributed by atoms with Crippen LogP contribution in [0.3, 0.4) is 0 Å². The number of benzene rings is 1. The second kappa shape index (κ2) is 8.40. The van der Waals surface area contributed by atoms with Gasteiger partial charge in [-0.1, -0.05) is 45.6 Å². The maximum atomic E-state index is 11.0. The normalized spacial score (nSPS) is 10.8. The summed E-state index contributed by atoms with van der Waals surface area (Å²) in [7, 11) is 0. The fourth-order valence-corrected chi connectivity index (χ4v) is 2.16. The fraction of sp³-hybridized carbons (Fsp3) is 0.600. The molecule has 0 radical (unpaired) electrons. The molecule has 1 aromatic carbocycles. The molecule has 1 rings (SSSR count). The van der Waals surface area contributed by atoms with Crippen molar-refractivity contribution in [1.82, 2.24) is 0 Å². The summed E-state index contributed by atoms with van der Waals surface area (Å²) in [5, 5.41) is 14.1. The largest absolute Gasteiger partial charge is 0.393 e. The minimum atomic E-state index is -0.430. The molecule has 20 heavy (non-hydrogen) atoms. The molecule has 5 nitrogen and oxygen atoms in total. The van der Waals surface area contributed by atoms with Gasteiger partial charge >= 0.3 is 5.69 Å². The summed E-state index contributed by atoms with van der Waals surface area (Å²) in [5.74, 6) is 0.767. The van der Waals surface area contributed by atoms with E-state index in [0.717, 1.165) is 25.3 Å². The van der Waals surface area contributed by atoms with E-state index < -0.39 is 4.92 Å². The van der Waals surface area contributed by atoms with Crippen LogP contribution in [0.15, 0.2) is 18.2 Å². The minimum Gasteiger partial charge on any atom is -0.393 e. The first kappa shape index (κ1) is 16.3. The van der Waals surface area contributed by atoms with Gasteiger partial charge in [0.1, 0.15) is 11.4 Å². The van der Waals surface area contributed by atoms with Gasteiger partial charge in [-0.15, -0.1) is 0 Å². The second-order valence-corrected chi connectivity index (χ2v) is 5.52. The van der Waals surface area contributed by atoms with Crippen LogP contribution in [0.25, 0.3) is 0 Å². The number of nitro groups is 1. The van der Waals surface area contributed by atoms with E-state index in [0.29, 0.717) is 5.69 Å². The van der Waals surface area contributed by atoms with Crippen LogP contribution < -0.4 is 11.1 Å². The van der Waals surface area contributed by atoms with Crippen LogP contribution in [0.1, 0.15) is 46.0 Å². The van der Waals surface area contributed by atoms with Crippen molar-refractivity contribution in [3.63, 3.8) is 0 Å². The van der Waals surface area contributed by atoms with Gasteiger partial charge in [0.05, 0.1) is 4.92 Å². The van der Waals surface area contributed by atoms with Crippen molar-refractivity contribution in [3.05, 3.63) is 28.3 Å². The van der Waals surface area contributed by atoms with E-state index in [1.807, 2.05) is 0 Å². The Morgan fingerprint density at radius 2 is 1.95 bits per heavy atom. The van der Waals surface area contributed by atoms with Crippen LogP contribution in [0.5, 0.6) is 0 Å². The van der Waals surface area contributed by atoms with Crippen LogP contribution in [0, 0.1) is 16.0 Å². The third-order valence-corrected chi connectivity index (χ3v) is 3.27. The standard InChI is InChI=1S/C15H25N3O2/c1-12(2)8-5-3-4-6-11-17-14-10-7-9-13(16)15(14)18(19)20/h7,9-10,12,17H,3-6,8,11,16H2,1-2H3. The molecule has 0 amide bonds. The number of nitrogens with zero attached hydrogens (tertiary/aromatic N) is 1. The molecule has 0 aliphatic rings. The van der Waals surface area contributed by atoms with E-state index in [4.69, 9.17) is 5.73 Å². The number of hydrogen-bond donors (Lipinski definition) is 2. The molecule has 1 aromatic rings. The molecule has 0 aliphatic heterocycles. The van der Waals surface area contributed by atoms with Gasteiger partial charge in [0.25, 0.3) is 0 Å². The van der Waals surface area contributed by atoms with Crippen molar-refractivity contribution >= 4 is 17.1 Å². The first-order chi connectivity index (χ1) is 9.52. The highest BCUT2D eigenvalue weighted by Gasteiger charge is 2.16. The average Bonchev–Trinajstić information content (AvgIpc) is 2.36. The summed E-state index contributed by atoms with van der Waals surface area (Å²) >= 11 is 0. The van der Waals surface area contributed by atoms with Crippen LogP contribution in [0.2, 0.25) is 0 Å². The third-order valence-electron chi connectivity index (χ3n) is 3.27. The number of para-hydroxylation sites is 1. The summed E-state index contributed by atoms with van der Waals surface area (Å²) in [5.41, 5.74) is 6.33. The summed E-state index contributed by atoms with van der Waals surface area (Å²) in [4.78, 5) is 10.5. The predicted octanol–water partition coefficient (Wildman–Crippen LogP) is 4.20. The van der Waals surface area contributed by atoms with Gasteiger partial charge in [0.15, 0.2) is 0 Å². The summed E-state index contributed by atoms with van der Waals surface area (Å²) in [6, 6.07) is 4.98. The highest BCUT2D eigenvalue weighted by atomic mass is 16.6. The van der Waals surface area contributed by atoms with Crippen LogP contribution in [0.4, 0.5) is 17.1 Å². The molecule has 0 aliphatic carbocycles. The summed E-state index contributed by atoms with van der Waals surface area (Å²) in [6.45, 7) is 5.22. The second-order valence-electron chi connectivity index (χ2n) is 5.52. The summed E-state index contributed by atoms with van der Waals surface area (Å²) < 4.78 is 0. The lowest BCUT2D eigenvalue weighted by atomic mass is 10.0. The van der Waals surface area contributed by atoms with Gasteiger partial charge in [-0.05, 0) is 24.5 Å². The third kappa shape index (κ3) is 5.47. The Hall–Kier alpha value is -1.78. The molecule has 112 valence electrons. The van der Waals surface area contributed by atoms with Gasteiger partial charge in [-0.3, -0.25) is 10.1 Å². The molecule has 0 fully saturated rings. The quantitative estimate of drug-likeness (QED) is 0.307. The number of nitrogens with one attached hydrogen (secondary N) is 1. The molecule has 0 spiro atoms. The van der Waals surface area contributed by atoms with Crippen molar-refractivity contribution in [1.29, 1.82) is 0 Å². The zero-order valence-corrected chi connectivity index (χ0v) is 12.4. The molecule has 0 unspecified atom stereocenters. The molecule has 0 heterocycles. The molecule has 0 aromatic heterocycles. The van der Waals surface area contributed by atoms with E-state index in [1.54, 1.807) is 18.2 Å². The number of unbranched alkanes of at least 4 members (excludes halogenated alkanes) is 3. The Bertz CT molecular complexity index is 433. The Balaban J connectivity index is 2.32. The highest BCUT2D eigenvalue weighted by molar-refractivity contribution is 5.74. The fourth-order valence-electron chi connectivity index (χ4n) is 2.16. The van der Waals surface area contributed by atoms with Crippen LogP contribution >= 0.6 is 0 Å². The Labute approximate surface area is 120 Å². The Kier molecular flexibility index (Phi) is 6.84. The van der Waals surface area contributed by atoms with Gasteiger partial charge in [0.2, 0.25) is 0 Å². The molecule has 0 saturated heterocycles.